The van der Waals surface area contributed by atoms with Crippen LogP contribution in [-0.4, -0.2) is 21.6 Å². The number of benzene rings is 3. The van der Waals surface area contributed by atoms with Crippen LogP contribution in [0.25, 0.3) is 10.9 Å². The number of hydrogen-bond acceptors (Lipinski definition) is 5. The van der Waals surface area contributed by atoms with Gasteiger partial charge in [-0.3, -0.25) is 4.79 Å². The summed E-state index contributed by atoms with van der Waals surface area (Å²) in [7, 11) is 0. The zero-order chi connectivity index (χ0) is 19.2. The van der Waals surface area contributed by atoms with Gasteiger partial charge in [-0.2, -0.15) is 0 Å². The highest BCUT2D eigenvalue weighted by atomic mass is 32.2. The molecular weight excluding hydrogens is 370 g/mol. The summed E-state index contributed by atoms with van der Waals surface area (Å²) in [6.07, 6.45) is 1.52. The van der Waals surface area contributed by atoms with Gasteiger partial charge in [0, 0.05) is 11.1 Å². The lowest BCUT2D eigenvalue weighted by Gasteiger charge is -2.08. The van der Waals surface area contributed by atoms with Gasteiger partial charge in [0.1, 0.15) is 22.9 Å². The molecule has 1 aromatic heterocycles. The normalized spacial score (nSPS) is 10.6. The van der Waals surface area contributed by atoms with E-state index in [1.165, 1.54) is 18.1 Å². The van der Waals surface area contributed by atoms with E-state index in [1.807, 2.05) is 78.9 Å². The number of rotatable bonds is 6. The van der Waals surface area contributed by atoms with Crippen LogP contribution in [0.1, 0.15) is 0 Å². The highest BCUT2D eigenvalue weighted by Crippen LogP contribution is 2.25. The largest absolute Gasteiger partial charge is 0.457 e. The van der Waals surface area contributed by atoms with Gasteiger partial charge in [0.05, 0.1) is 11.3 Å². The number of nitrogens with one attached hydrogen (secondary N) is 1. The van der Waals surface area contributed by atoms with Crippen LogP contribution in [0.2, 0.25) is 0 Å². The van der Waals surface area contributed by atoms with Crippen molar-refractivity contribution in [1.29, 1.82) is 0 Å². The van der Waals surface area contributed by atoms with Crippen LogP contribution in [0.15, 0.2) is 90.2 Å². The van der Waals surface area contributed by atoms with Gasteiger partial charge in [-0.25, -0.2) is 9.97 Å². The Morgan fingerprint density at radius 2 is 1.57 bits per heavy atom. The second kappa shape index (κ2) is 8.54. The van der Waals surface area contributed by atoms with Crippen molar-refractivity contribution in [3.8, 4) is 11.5 Å². The third kappa shape index (κ3) is 4.47. The minimum atomic E-state index is -0.0931. The molecule has 1 heterocycles. The quantitative estimate of drug-likeness (QED) is 0.366. The number of anilines is 1. The van der Waals surface area contributed by atoms with Gasteiger partial charge < -0.3 is 10.1 Å². The summed E-state index contributed by atoms with van der Waals surface area (Å²) in [5.74, 6) is 1.66. The van der Waals surface area contributed by atoms with E-state index in [0.29, 0.717) is 5.75 Å². The number of carbonyl (C=O) groups is 1. The van der Waals surface area contributed by atoms with Crippen molar-refractivity contribution < 1.29 is 9.53 Å². The predicted octanol–water partition coefficient (Wildman–Crippen LogP) is 5.15. The minimum Gasteiger partial charge on any atom is -0.457 e. The van der Waals surface area contributed by atoms with Gasteiger partial charge >= 0.3 is 0 Å². The Hall–Kier alpha value is -3.38. The molecule has 0 aliphatic carbocycles. The molecule has 4 rings (SSSR count). The molecule has 0 saturated carbocycles. The van der Waals surface area contributed by atoms with Crippen LogP contribution in [0, 0.1) is 0 Å². The van der Waals surface area contributed by atoms with E-state index in [0.717, 1.165) is 27.4 Å². The van der Waals surface area contributed by atoms with E-state index in [1.54, 1.807) is 0 Å². The Labute approximate surface area is 166 Å². The standard InChI is InChI=1S/C22H17N3O2S/c26-21(14-28-22-19-8-4-5-9-20(19)23-15-24-22)25-16-10-12-18(13-11-16)27-17-6-2-1-3-7-17/h1-13,15H,14H2,(H,25,26). The highest BCUT2D eigenvalue weighted by molar-refractivity contribution is 8.00. The first-order valence-corrected chi connectivity index (χ1v) is 9.72. The van der Waals surface area contributed by atoms with Crippen LogP contribution in [0.4, 0.5) is 5.69 Å². The van der Waals surface area contributed by atoms with Gasteiger partial charge in [-0.05, 0) is 42.5 Å². The monoisotopic (exact) mass is 387 g/mol. The lowest BCUT2D eigenvalue weighted by atomic mass is 10.2. The summed E-state index contributed by atoms with van der Waals surface area (Å²) in [5, 5.41) is 4.64. The van der Waals surface area contributed by atoms with Crippen LogP contribution in [0.5, 0.6) is 11.5 Å². The second-order valence-electron chi connectivity index (χ2n) is 5.97. The summed E-state index contributed by atoms with van der Waals surface area (Å²) in [4.78, 5) is 20.8. The van der Waals surface area contributed by atoms with E-state index in [2.05, 4.69) is 15.3 Å². The van der Waals surface area contributed by atoms with E-state index in [9.17, 15) is 4.79 Å². The highest BCUT2D eigenvalue weighted by Gasteiger charge is 2.08. The maximum absolute atomic E-state index is 12.3. The average molecular weight is 387 g/mol. The van der Waals surface area contributed by atoms with E-state index in [-0.39, 0.29) is 11.7 Å². The topological polar surface area (TPSA) is 64.1 Å². The fourth-order valence-electron chi connectivity index (χ4n) is 2.66. The number of carbonyl (C=O) groups excluding carboxylic acids is 1. The summed E-state index contributed by atoms with van der Waals surface area (Å²) < 4.78 is 5.75. The van der Waals surface area contributed by atoms with Crippen molar-refractivity contribution >= 4 is 34.3 Å². The molecule has 0 spiro atoms. The van der Waals surface area contributed by atoms with Crippen LogP contribution in [0.3, 0.4) is 0 Å². The van der Waals surface area contributed by atoms with Crippen molar-refractivity contribution in [2.75, 3.05) is 11.1 Å². The first-order valence-electron chi connectivity index (χ1n) is 8.73. The van der Waals surface area contributed by atoms with Crippen molar-refractivity contribution in [2.24, 2.45) is 0 Å². The van der Waals surface area contributed by atoms with E-state index in [4.69, 9.17) is 4.74 Å². The molecule has 28 heavy (non-hydrogen) atoms. The van der Waals surface area contributed by atoms with Gasteiger partial charge in [-0.15, -0.1) is 0 Å². The molecule has 138 valence electrons. The molecule has 0 aliphatic rings. The summed E-state index contributed by atoms with van der Waals surface area (Å²) in [6, 6.07) is 24.6. The van der Waals surface area contributed by atoms with Crippen molar-refractivity contribution in [2.45, 2.75) is 5.03 Å². The smallest absolute Gasteiger partial charge is 0.234 e. The number of aromatic nitrogens is 2. The molecular formula is C22H17N3O2S. The first kappa shape index (κ1) is 18.0. The summed E-state index contributed by atoms with van der Waals surface area (Å²) >= 11 is 1.39. The zero-order valence-electron chi connectivity index (χ0n) is 14.9. The Morgan fingerprint density at radius 3 is 2.39 bits per heavy atom. The van der Waals surface area contributed by atoms with Crippen molar-refractivity contribution in [1.82, 2.24) is 9.97 Å². The predicted molar refractivity (Wildman–Crippen MR) is 112 cm³/mol. The number of nitrogens with zero attached hydrogens (tertiary/aromatic N) is 2. The number of fused-ring (bicyclic) bond motifs is 1. The van der Waals surface area contributed by atoms with Crippen LogP contribution >= 0.6 is 11.8 Å². The van der Waals surface area contributed by atoms with Gasteiger partial charge in [0.15, 0.2) is 0 Å². The number of para-hydroxylation sites is 2. The molecule has 0 aliphatic heterocycles. The van der Waals surface area contributed by atoms with Gasteiger partial charge in [0.2, 0.25) is 5.91 Å². The molecule has 1 N–H and O–H groups in total. The fourth-order valence-corrected chi connectivity index (χ4v) is 3.45. The molecule has 6 heteroatoms. The number of thioether (sulfide) groups is 1. The van der Waals surface area contributed by atoms with E-state index >= 15 is 0 Å². The molecule has 4 aromatic rings. The zero-order valence-corrected chi connectivity index (χ0v) is 15.7. The third-order valence-electron chi connectivity index (χ3n) is 3.96. The second-order valence-corrected chi connectivity index (χ2v) is 6.94. The maximum atomic E-state index is 12.3. The summed E-state index contributed by atoms with van der Waals surface area (Å²) in [5.41, 5.74) is 1.59. The Morgan fingerprint density at radius 1 is 0.857 bits per heavy atom. The van der Waals surface area contributed by atoms with Gasteiger partial charge in [0.25, 0.3) is 0 Å². The van der Waals surface area contributed by atoms with Crippen molar-refractivity contribution in [3.05, 3.63) is 85.2 Å². The molecule has 0 fully saturated rings. The van der Waals surface area contributed by atoms with Gasteiger partial charge in [-0.1, -0.05) is 48.2 Å². The maximum Gasteiger partial charge on any atom is 0.234 e. The molecule has 3 aromatic carbocycles. The average Bonchev–Trinajstić information content (AvgIpc) is 2.74. The molecule has 1 amide bonds. The summed E-state index contributed by atoms with van der Waals surface area (Å²) in [6.45, 7) is 0. The Bertz CT molecular complexity index is 1080. The lowest BCUT2D eigenvalue weighted by Crippen LogP contribution is -2.14. The molecule has 0 radical (unpaired) electrons. The molecule has 0 unspecified atom stereocenters. The minimum absolute atomic E-state index is 0.0931. The van der Waals surface area contributed by atoms with Crippen LogP contribution < -0.4 is 10.1 Å². The number of amides is 1. The van der Waals surface area contributed by atoms with E-state index < -0.39 is 0 Å². The first-order chi connectivity index (χ1) is 13.8. The Balaban J connectivity index is 1.34. The lowest BCUT2D eigenvalue weighted by molar-refractivity contribution is -0.113. The Kier molecular flexibility index (Phi) is 5.49. The van der Waals surface area contributed by atoms with Crippen LogP contribution in [-0.2, 0) is 4.79 Å². The number of hydrogen-bond donors (Lipinski definition) is 1. The molecule has 5 nitrogen and oxygen atoms in total. The number of ether oxygens (including phenoxy) is 1. The third-order valence-corrected chi connectivity index (χ3v) is 4.97. The van der Waals surface area contributed by atoms with Crippen molar-refractivity contribution in [3.63, 3.8) is 0 Å². The molecule has 0 saturated heterocycles. The SMILES string of the molecule is O=C(CSc1ncnc2ccccc12)Nc1ccc(Oc2ccccc2)cc1. The molecule has 0 bridgehead atoms. The molecule has 0 atom stereocenters. The fraction of sp³-hybridized carbons (Fsp3) is 0.0455.